The molecule has 2 aromatic heterocycles. The summed E-state index contributed by atoms with van der Waals surface area (Å²) in [4.78, 5) is 10.8. The molecule has 0 aliphatic heterocycles. The molecule has 0 fully saturated rings. The molecule has 3 aromatic rings. The number of thiophene rings is 1. The van der Waals surface area contributed by atoms with Crippen LogP contribution in [0.25, 0.3) is 20.7 Å². The monoisotopic (exact) mass is 317 g/mol. The Bertz CT molecular complexity index is 740. The number of nitrogens with zero attached hydrogens (tertiary/aromatic N) is 2. The van der Waals surface area contributed by atoms with Crippen molar-refractivity contribution in [1.82, 2.24) is 9.97 Å². The van der Waals surface area contributed by atoms with Crippen LogP contribution in [0, 0.1) is 0 Å². The largest absolute Gasteiger partial charge is 0.369 e. The first-order valence-electron chi connectivity index (χ1n) is 7.04. The van der Waals surface area contributed by atoms with Crippen molar-refractivity contribution in [3.63, 3.8) is 0 Å². The van der Waals surface area contributed by atoms with Crippen LogP contribution in [0.3, 0.4) is 0 Å². The van der Waals surface area contributed by atoms with E-state index in [4.69, 9.17) is 11.6 Å². The molecule has 0 saturated heterocycles. The molecule has 0 bridgehead atoms. The van der Waals surface area contributed by atoms with E-state index in [1.54, 1.807) is 11.3 Å². The average Bonchev–Trinajstić information content (AvgIpc) is 2.92. The van der Waals surface area contributed by atoms with E-state index >= 15 is 0 Å². The van der Waals surface area contributed by atoms with Gasteiger partial charge in [0.15, 0.2) is 0 Å². The molecular formula is C16H16ClN3S. The van der Waals surface area contributed by atoms with Gasteiger partial charge in [-0.3, -0.25) is 0 Å². The molecule has 108 valence electrons. The Morgan fingerprint density at radius 3 is 2.76 bits per heavy atom. The van der Waals surface area contributed by atoms with Crippen molar-refractivity contribution in [3.05, 3.63) is 41.7 Å². The first-order valence-corrected chi connectivity index (χ1v) is 8.23. The van der Waals surface area contributed by atoms with Gasteiger partial charge >= 0.3 is 0 Å². The standard InChI is InChI=1S/C16H16ClN3S/c1-2-3-9-18-14-12-10-13(11-7-5-4-6-8-11)21-15(12)20-16(17)19-14/h4-8,10H,2-3,9H2,1H3,(H,18,19,20). The van der Waals surface area contributed by atoms with Crippen LogP contribution in [-0.2, 0) is 0 Å². The van der Waals surface area contributed by atoms with Crippen LogP contribution >= 0.6 is 22.9 Å². The van der Waals surface area contributed by atoms with Gasteiger partial charge < -0.3 is 5.32 Å². The van der Waals surface area contributed by atoms with E-state index in [1.165, 1.54) is 10.4 Å². The zero-order valence-corrected chi connectivity index (χ0v) is 13.3. The normalized spacial score (nSPS) is 11.0. The number of anilines is 1. The van der Waals surface area contributed by atoms with Gasteiger partial charge in [-0.15, -0.1) is 11.3 Å². The highest BCUT2D eigenvalue weighted by molar-refractivity contribution is 7.22. The second-order valence-electron chi connectivity index (χ2n) is 4.82. The van der Waals surface area contributed by atoms with E-state index in [0.29, 0.717) is 5.28 Å². The van der Waals surface area contributed by atoms with Crippen molar-refractivity contribution in [3.8, 4) is 10.4 Å². The maximum Gasteiger partial charge on any atom is 0.225 e. The number of aromatic nitrogens is 2. The predicted molar refractivity (Wildman–Crippen MR) is 91.3 cm³/mol. The number of nitrogens with one attached hydrogen (secondary N) is 1. The lowest BCUT2D eigenvalue weighted by Gasteiger charge is -2.05. The maximum absolute atomic E-state index is 6.04. The van der Waals surface area contributed by atoms with E-state index in [-0.39, 0.29) is 0 Å². The first kappa shape index (κ1) is 14.3. The minimum Gasteiger partial charge on any atom is -0.369 e. The van der Waals surface area contributed by atoms with Crippen molar-refractivity contribution in [2.45, 2.75) is 19.8 Å². The maximum atomic E-state index is 6.04. The van der Waals surface area contributed by atoms with E-state index < -0.39 is 0 Å². The van der Waals surface area contributed by atoms with Crippen LogP contribution in [0.1, 0.15) is 19.8 Å². The molecular weight excluding hydrogens is 302 g/mol. The van der Waals surface area contributed by atoms with Crippen molar-refractivity contribution >= 4 is 39.0 Å². The Morgan fingerprint density at radius 2 is 2.00 bits per heavy atom. The Morgan fingerprint density at radius 1 is 1.19 bits per heavy atom. The summed E-state index contributed by atoms with van der Waals surface area (Å²) in [5, 5.41) is 4.70. The topological polar surface area (TPSA) is 37.8 Å². The lowest BCUT2D eigenvalue weighted by molar-refractivity contribution is 0.831. The zero-order valence-electron chi connectivity index (χ0n) is 11.8. The number of benzene rings is 1. The lowest BCUT2D eigenvalue weighted by atomic mass is 10.2. The minimum absolute atomic E-state index is 0.294. The molecule has 1 N–H and O–H groups in total. The van der Waals surface area contributed by atoms with Crippen molar-refractivity contribution in [2.24, 2.45) is 0 Å². The molecule has 0 amide bonds. The molecule has 3 rings (SSSR count). The average molecular weight is 318 g/mol. The molecule has 0 aliphatic carbocycles. The van der Waals surface area contributed by atoms with Crippen LogP contribution in [0.15, 0.2) is 36.4 Å². The summed E-state index contributed by atoms with van der Waals surface area (Å²) in [6.45, 7) is 3.07. The third-order valence-electron chi connectivity index (χ3n) is 3.25. The van der Waals surface area contributed by atoms with Gasteiger partial charge in [0.1, 0.15) is 10.6 Å². The molecule has 0 atom stereocenters. The highest BCUT2D eigenvalue weighted by atomic mass is 35.5. The number of fused-ring (bicyclic) bond motifs is 1. The number of rotatable bonds is 5. The Hall–Kier alpha value is -1.65. The van der Waals surface area contributed by atoms with Gasteiger partial charge in [-0.2, -0.15) is 0 Å². The number of halogens is 1. The van der Waals surface area contributed by atoms with Gasteiger partial charge in [0.05, 0.1) is 5.39 Å². The molecule has 0 saturated carbocycles. The first-order chi connectivity index (χ1) is 10.3. The van der Waals surface area contributed by atoms with Gasteiger partial charge in [0.2, 0.25) is 5.28 Å². The third kappa shape index (κ3) is 3.17. The second kappa shape index (κ2) is 6.41. The van der Waals surface area contributed by atoms with Gasteiger partial charge in [0.25, 0.3) is 0 Å². The molecule has 0 aliphatic rings. The Labute approximate surface area is 133 Å². The van der Waals surface area contributed by atoms with E-state index in [9.17, 15) is 0 Å². The van der Waals surface area contributed by atoms with Crippen LogP contribution in [0.4, 0.5) is 5.82 Å². The van der Waals surface area contributed by atoms with Crippen LogP contribution in [0.5, 0.6) is 0 Å². The SMILES string of the molecule is CCCCNc1nc(Cl)nc2sc(-c3ccccc3)cc12. The van der Waals surface area contributed by atoms with Crippen LogP contribution in [-0.4, -0.2) is 16.5 Å². The molecule has 0 radical (unpaired) electrons. The summed E-state index contributed by atoms with van der Waals surface area (Å²) >= 11 is 7.68. The van der Waals surface area contributed by atoms with Gasteiger partial charge in [0, 0.05) is 11.4 Å². The highest BCUT2D eigenvalue weighted by Crippen LogP contribution is 2.35. The van der Waals surface area contributed by atoms with Gasteiger partial charge in [-0.05, 0) is 29.7 Å². The van der Waals surface area contributed by atoms with E-state index in [0.717, 1.165) is 35.4 Å². The highest BCUT2D eigenvalue weighted by Gasteiger charge is 2.11. The van der Waals surface area contributed by atoms with E-state index in [2.05, 4.69) is 40.4 Å². The van der Waals surface area contributed by atoms with Crippen molar-refractivity contribution in [2.75, 3.05) is 11.9 Å². The Kier molecular flexibility index (Phi) is 4.36. The Balaban J connectivity index is 2.02. The fourth-order valence-electron chi connectivity index (χ4n) is 2.16. The summed E-state index contributed by atoms with van der Waals surface area (Å²) in [5.41, 5.74) is 1.19. The summed E-state index contributed by atoms with van der Waals surface area (Å²) in [5.74, 6) is 0.830. The van der Waals surface area contributed by atoms with Crippen molar-refractivity contribution in [1.29, 1.82) is 0 Å². The molecule has 0 unspecified atom stereocenters. The minimum atomic E-state index is 0.294. The third-order valence-corrected chi connectivity index (χ3v) is 4.49. The van der Waals surface area contributed by atoms with E-state index in [1.807, 2.05) is 18.2 Å². The number of unbranched alkanes of at least 4 members (excludes halogenated alkanes) is 1. The van der Waals surface area contributed by atoms with Gasteiger partial charge in [-0.25, -0.2) is 9.97 Å². The predicted octanol–water partition coefficient (Wildman–Crippen LogP) is 5.22. The summed E-state index contributed by atoms with van der Waals surface area (Å²) in [6, 6.07) is 12.4. The lowest BCUT2D eigenvalue weighted by Crippen LogP contribution is -2.03. The molecule has 2 heterocycles. The molecule has 21 heavy (non-hydrogen) atoms. The zero-order chi connectivity index (χ0) is 14.7. The fourth-order valence-corrected chi connectivity index (χ4v) is 3.41. The van der Waals surface area contributed by atoms with Gasteiger partial charge in [-0.1, -0.05) is 43.7 Å². The molecule has 0 spiro atoms. The van der Waals surface area contributed by atoms with Crippen LogP contribution in [0.2, 0.25) is 5.28 Å². The quantitative estimate of drug-likeness (QED) is 0.517. The second-order valence-corrected chi connectivity index (χ2v) is 6.19. The summed E-state index contributed by atoms with van der Waals surface area (Å²) in [6.07, 6.45) is 2.26. The molecule has 3 nitrogen and oxygen atoms in total. The molecule has 5 heteroatoms. The summed E-state index contributed by atoms with van der Waals surface area (Å²) < 4.78 is 0. The summed E-state index contributed by atoms with van der Waals surface area (Å²) in [7, 11) is 0. The number of hydrogen-bond donors (Lipinski definition) is 1. The van der Waals surface area contributed by atoms with Crippen LogP contribution < -0.4 is 5.32 Å². The fraction of sp³-hybridized carbons (Fsp3) is 0.250. The van der Waals surface area contributed by atoms with Crippen molar-refractivity contribution < 1.29 is 0 Å². The smallest absolute Gasteiger partial charge is 0.225 e. The molecule has 1 aromatic carbocycles. The number of hydrogen-bond acceptors (Lipinski definition) is 4.